The lowest BCUT2D eigenvalue weighted by molar-refractivity contribution is -0.136. The molecular weight excluding hydrogens is 272 g/mol. The van der Waals surface area contributed by atoms with Crippen molar-refractivity contribution in [1.29, 1.82) is 0 Å². The van der Waals surface area contributed by atoms with Crippen molar-refractivity contribution in [3.63, 3.8) is 0 Å². The number of ether oxygens (including phenoxy) is 1. The molecule has 1 aromatic rings. The van der Waals surface area contributed by atoms with E-state index in [1.807, 2.05) is 26.8 Å². The van der Waals surface area contributed by atoms with Crippen molar-refractivity contribution in [1.82, 2.24) is 4.98 Å². The van der Waals surface area contributed by atoms with Crippen molar-refractivity contribution in [3.8, 4) is 0 Å². The molecule has 0 aliphatic rings. The molecule has 1 rings (SSSR count). The molecule has 0 unspecified atom stereocenters. The second-order valence-corrected chi connectivity index (χ2v) is 6.73. The molecule has 0 saturated heterocycles. The molecular formula is C15H24N2O2S. The molecule has 1 heterocycles. The van der Waals surface area contributed by atoms with Gasteiger partial charge in [-0.3, -0.25) is 0 Å². The Bertz CT molecular complexity index is 472. The molecule has 0 atom stereocenters. The lowest BCUT2D eigenvalue weighted by Gasteiger charge is -2.15. The maximum atomic E-state index is 12.2. The highest BCUT2D eigenvalue weighted by atomic mass is 32.1. The van der Waals surface area contributed by atoms with Crippen LogP contribution in [-0.4, -0.2) is 17.6 Å². The second kappa shape index (κ2) is 7.43. The number of unbranched alkanes of at least 4 members (excludes halogenated alkanes) is 2. The molecule has 0 saturated carbocycles. The van der Waals surface area contributed by atoms with Gasteiger partial charge in [-0.25, -0.2) is 9.78 Å². The quantitative estimate of drug-likeness (QED) is 0.491. The Labute approximate surface area is 125 Å². The van der Waals surface area contributed by atoms with Gasteiger partial charge in [0.05, 0.1) is 17.9 Å². The summed E-state index contributed by atoms with van der Waals surface area (Å²) < 4.78 is 5.33. The number of thiazole rings is 1. The first-order valence-electron chi connectivity index (χ1n) is 6.95. The number of hydrogen-bond donors (Lipinski definition) is 1. The fourth-order valence-electron chi connectivity index (χ4n) is 1.68. The molecule has 1 aromatic heterocycles. The summed E-state index contributed by atoms with van der Waals surface area (Å²) in [6, 6.07) is 0. The van der Waals surface area contributed by atoms with Gasteiger partial charge in [0.2, 0.25) is 0 Å². The average molecular weight is 296 g/mol. The van der Waals surface area contributed by atoms with Gasteiger partial charge < -0.3 is 10.5 Å². The zero-order valence-electron chi connectivity index (χ0n) is 12.7. The molecule has 0 fully saturated rings. The average Bonchev–Trinajstić information content (AvgIpc) is 2.77. The van der Waals surface area contributed by atoms with Crippen LogP contribution < -0.4 is 5.73 Å². The van der Waals surface area contributed by atoms with E-state index in [4.69, 9.17) is 10.5 Å². The summed E-state index contributed by atoms with van der Waals surface area (Å²) in [6.07, 6.45) is 4.95. The molecule has 2 N–H and O–H groups in total. The SMILES string of the molecule is CCCCCOC(=O)/C(=C/C(C)(C)C)c1csc(N)n1. The Morgan fingerprint density at radius 1 is 1.45 bits per heavy atom. The van der Waals surface area contributed by atoms with Crippen LogP contribution in [0.4, 0.5) is 5.13 Å². The molecule has 5 heteroatoms. The predicted molar refractivity (Wildman–Crippen MR) is 84.4 cm³/mol. The minimum absolute atomic E-state index is 0.129. The number of esters is 1. The van der Waals surface area contributed by atoms with Gasteiger partial charge >= 0.3 is 5.97 Å². The standard InChI is InChI=1S/C15H24N2O2S/c1-5-6-7-8-19-13(18)11(9-15(2,3)4)12-10-20-14(16)17-12/h9-10H,5-8H2,1-4H3,(H2,16,17)/b11-9+. The van der Waals surface area contributed by atoms with Gasteiger partial charge in [0, 0.05) is 5.38 Å². The van der Waals surface area contributed by atoms with Crippen LogP contribution >= 0.6 is 11.3 Å². The highest BCUT2D eigenvalue weighted by Gasteiger charge is 2.20. The largest absolute Gasteiger partial charge is 0.462 e. The fraction of sp³-hybridized carbons (Fsp3) is 0.600. The summed E-state index contributed by atoms with van der Waals surface area (Å²) in [6.45, 7) is 8.67. The predicted octanol–water partition coefficient (Wildman–Crippen LogP) is 3.89. The summed E-state index contributed by atoms with van der Waals surface area (Å²) >= 11 is 1.33. The van der Waals surface area contributed by atoms with Gasteiger partial charge in [-0.2, -0.15) is 0 Å². The van der Waals surface area contributed by atoms with E-state index in [0.717, 1.165) is 19.3 Å². The number of anilines is 1. The molecule has 4 nitrogen and oxygen atoms in total. The number of nitrogens with zero attached hydrogens (tertiary/aromatic N) is 1. The van der Waals surface area contributed by atoms with Crippen LogP contribution in [0.3, 0.4) is 0 Å². The summed E-state index contributed by atoms with van der Waals surface area (Å²) in [5.41, 5.74) is 6.62. The number of rotatable bonds is 6. The van der Waals surface area contributed by atoms with E-state index in [1.54, 1.807) is 5.38 Å². The van der Waals surface area contributed by atoms with E-state index < -0.39 is 0 Å². The first-order valence-corrected chi connectivity index (χ1v) is 7.83. The molecule has 0 radical (unpaired) electrons. The van der Waals surface area contributed by atoms with E-state index in [9.17, 15) is 4.79 Å². The van der Waals surface area contributed by atoms with E-state index in [1.165, 1.54) is 11.3 Å². The van der Waals surface area contributed by atoms with E-state index >= 15 is 0 Å². The molecule has 0 bridgehead atoms. The molecule has 112 valence electrons. The molecule has 0 spiro atoms. The Morgan fingerprint density at radius 2 is 2.15 bits per heavy atom. The van der Waals surface area contributed by atoms with E-state index in [0.29, 0.717) is 23.0 Å². The van der Waals surface area contributed by atoms with Gasteiger partial charge in [0.1, 0.15) is 0 Å². The van der Waals surface area contributed by atoms with Crippen molar-refractivity contribution < 1.29 is 9.53 Å². The van der Waals surface area contributed by atoms with Gasteiger partial charge in [0.15, 0.2) is 5.13 Å². The van der Waals surface area contributed by atoms with Crippen LogP contribution in [0.2, 0.25) is 0 Å². The van der Waals surface area contributed by atoms with Crippen molar-refractivity contribution in [3.05, 3.63) is 17.2 Å². The summed E-state index contributed by atoms with van der Waals surface area (Å²) in [7, 11) is 0. The number of carbonyl (C=O) groups is 1. The molecule has 0 amide bonds. The highest BCUT2D eigenvalue weighted by Crippen LogP contribution is 2.26. The zero-order chi connectivity index (χ0) is 15.2. The fourth-order valence-corrected chi connectivity index (χ4v) is 2.24. The summed E-state index contributed by atoms with van der Waals surface area (Å²) in [5, 5.41) is 2.25. The zero-order valence-corrected chi connectivity index (χ0v) is 13.5. The third kappa shape index (κ3) is 5.74. The summed E-state index contributed by atoms with van der Waals surface area (Å²) in [5.74, 6) is -0.318. The maximum Gasteiger partial charge on any atom is 0.340 e. The van der Waals surface area contributed by atoms with E-state index in [-0.39, 0.29) is 11.4 Å². The van der Waals surface area contributed by atoms with Crippen molar-refractivity contribution >= 4 is 28.0 Å². The molecule has 20 heavy (non-hydrogen) atoms. The molecule has 0 aliphatic carbocycles. The first kappa shape index (κ1) is 16.7. The summed E-state index contributed by atoms with van der Waals surface area (Å²) in [4.78, 5) is 16.4. The second-order valence-electron chi connectivity index (χ2n) is 5.84. The van der Waals surface area contributed by atoms with Crippen molar-refractivity contribution in [2.75, 3.05) is 12.3 Å². The van der Waals surface area contributed by atoms with Crippen LogP contribution in [0.1, 0.15) is 52.7 Å². The third-order valence-electron chi connectivity index (χ3n) is 2.58. The minimum atomic E-state index is -0.318. The van der Waals surface area contributed by atoms with Crippen LogP contribution in [0.5, 0.6) is 0 Å². The number of hydrogen-bond acceptors (Lipinski definition) is 5. The number of carbonyl (C=O) groups excluding carboxylic acids is 1. The topological polar surface area (TPSA) is 65.2 Å². The normalized spacial score (nSPS) is 12.5. The number of nitrogens with two attached hydrogens (primary N) is 1. The maximum absolute atomic E-state index is 12.2. The number of allylic oxidation sites excluding steroid dienone is 1. The first-order chi connectivity index (χ1) is 9.33. The highest BCUT2D eigenvalue weighted by molar-refractivity contribution is 7.13. The van der Waals surface area contributed by atoms with Gasteiger partial charge in [-0.1, -0.05) is 46.6 Å². The Balaban J connectivity index is 2.84. The van der Waals surface area contributed by atoms with E-state index in [2.05, 4.69) is 11.9 Å². The van der Waals surface area contributed by atoms with Crippen molar-refractivity contribution in [2.24, 2.45) is 5.41 Å². The molecule has 0 aliphatic heterocycles. The molecule has 0 aromatic carbocycles. The minimum Gasteiger partial charge on any atom is -0.462 e. The lowest BCUT2D eigenvalue weighted by atomic mass is 9.92. The lowest BCUT2D eigenvalue weighted by Crippen LogP contribution is -2.12. The van der Waals surface area contributed by atoms with Crippen molar-refractivity contribution in [2.45, 2.75) is 47.0 Å². The number of nitrogen functional groups attached to an aromatic ring is 1. The Hall–Kier alpha value is -1.36. The van der Waals surface area contributed by atoms with Gasteiger partial charge in [0.25, 0.3) is 0 Å². The Morgan fingerprint density at radius 3 is 2.65 bits per heavy atom. The van der Waals surface area contributed by atoms with Crippen LogP contribution in [0.15, 0.2) is 11.5 Å². The van der Waals surface area contributed by atoms with Gasteiger partial charge in [-0.15, -0.1) is 11.3 Å². The van der Waals surface area contributed by atoms with Crippen LogP contribution in [0, 0.1) is 5.41 Å². The van der Waals surface area contributed by atoms with Crippen LogP contribution in [0.25, 0.3) is 5.57 Å². The Kier molecular flexibility index (Phi) is 6.20. The number of aromatic nitrogens is 1. The van der Waals surface area contributed by atoms with Crippen LogP contribution in [-0.2, 0) is 9.53 Å². The van der Waals surface area contributed by atoms with Gasteiger partial charge in [-0.05, 0) is 11.8 Å². The smallest absolute Gasteiger partial charge is 0.340 e. The monoisotopic (exact) mass is 296 g/mol. The third-order valence-corrected chi connectivity index (χ3v) is 3.25.